The number of aromatic hydroxyl groups is 1. The molecule has 1 fully saturated rings. The number of aliphatic hydroxyl groups is 4. The highest BCUT2D eigenvalue weighted by atomic mass is 16.6. The Balaban J connectivity index is 2.19. The Kier molecular flexibility index (Phi) is 4.84. The fraction of sp³-hybridized carbons (Fsp3) is 0.462. The zero-order valence-electron chi connectivity index (χ0n) is 11.3. The average molecular weight is 315 g/mol. The summed E-state index contributed by atoms with van der Waals surface area (Å²) in [6.45, 7) is -0.570. The van der Waals surface area contributed by atoms with Crippen molar-refractivity contribution < 1.29 is 40.2 Å². The van der Waals surface area contributed by atoms with Gasteiger partial charge in [0.05, 0.1) is 6.61 Å². The minimum atomic E-state index is -1.54. The zero-order valence-corrected chi connectivity index (χ0v) is 11.3. The lowest BCUT2D eigenvalue weighted by atomic mass is 9.98. The summed E-state index contributed by atoms with van der Waals surface area (Å²) in [4.78, 5) is 10.9. The Morgan fingerprint density at radius 3 is 2.45 bits per heavy atom. The van der Waals surface area contributed by atoms with Gasteiger partial charge in [-0.25, -0.2) is 4.79 Å². The van der Waals surface area contributed by atoms with Crippen LogP contribution in [-0.4, -0.2) is 73.9 Å². The highest BCUT2D eigenvalue weighted by Gasteiger charge is 2.43. The number of carbonyl (C=O) groups is 1. The SMILES string of the molecule is O=C(O)c1cc(NC2OC(CO)C(O)C(O)C2O)ccc1O. The molecule has 1 aliphatic heterocycles. The van der Waals surface area contributed by atoms with Crippen molar-refractivity contribution in [1.82, 2.24) is 0 Å². The number of benzene rings is 1. The third-order valence-corrected chi connectivity index (χ3v) is 3.43. The van der Waals surface area contributed by atoms with Gasteiger partial charge in [0.2, 0.25) is 0 Å². The first kappa shape index (κ1) is 16.5. The van der Waals surface area contributed by atoms with Gasteiger partial charge in [-0.1, -0.05) is 0 Å². The number of hydrogen-bond donors (Lipinski definition) is 7. The monoisotopic (exact) mass is 315 g/mol. The predicted molar refractivity (Wildman–Crippen MR) is 72.5 cm³/mol. The van der Waals surface area contributed by atoms with E-state index in [1.54, 1.807) is 0 Å². The first-order valence-corrected chi connectivity index (χ1v) is 6.48. The molecule has 5 atom stereocenters. The molecular weight excluding hydrogens is 298 g/mol. The number of phenols is 1. The van der Waals surface area contributed by atoms with Crippen LogP contribution in [0.3, 0.4) is 0 Å². The fourth-order valence-electron chi connectivity index (χ4n) is 2.18. The first-order chi connectivity index (χ1) is 10.3. The van der Waals surface area contributed by atoms with Crippen molar-refractivity contribution in [3.8, 4) is 5.75 Å². The molecule has 1 heterocycles. The van der Waals surface area contributed by atoms with E-state index in [0.717, 1.165) is 12.1 Å². The van der Waals surface area contributed by atoms with Crippen LogP contribution in [0.4, 0.5) is 5.69 Å². The van der Waals surface area contributed by atoms with Crippen LogP contribution in [0, 0.1) is 0 Å². The number of ether oxygens (including phenoxy) is 1. The maximum Gasteiger partial charge on any atom is 0.339 e. The Bertz CT molecular complexity index is 549. The van der Waals surface area contributed by atoms with Gasteiger partial charge in [-0.2, -0.15) is 0 Å². The lowest BCUT2D eigenvalue weighted by molar-refractivity contribution is -0.221. The first-order valence-electron chi connectivity index (χ1n) is 6.48. The Hall–Kier alpha value is -1.91. The average Bonchev–Trinajstić information content (AvgIpc) is 2.49. The number of aliphatic hydroxyl groups excluding tert-OH is 4. The molecule has 0 radical (unpaired) electrons. The highest BCUT2D eigenvalue weighted by Crippen LogP contribution is 2.26. The molecular formula is C13H17NO8. The summed E-state index contributed by atoms with van der Waals surface area (Å²) in [5, 5.41) is 59.3. The van der Waals surface area contributed by atoms with Crippen LogP contribution in [0.25, 0.3) is 0 Å². The number of anilines is 1. The molecule has 1 aliphatic rings. The molecule has 1 aromatic carbocycles. The van der Waals surface area contributed by atoms with E-state index in [-0.39, 0.29) is 11.3 Å². The Labute approximate surface area is 125 Å². The molecule has 1 aromatic rings. The summed E-state index contributed by atoms with van der Waals surface area (Å²) in [5.41, 5.74) is -0.144. The lowest BCUT2D eigenvalue weighted by Gasteiger charge is -2.40. The quantitative estimate of drug-likeness (QED) is 0.321. The summed E-state index contributed by atoms with van der Waals surface area (Å²) in [5.74, 6) is -1.76. The lowest BCUT2D eigenvalue weighted by Crippen LogP contribution is -2.60. The second kappa shape index (κ2) is 6.46. The summed E-state index contributed by atoms with van der Waals surface area (Å²) < 4.78 is 5.23. The molecule has 0 amide bonds. The van der Waals surface area contributed by atoms with Crippen molar-refractivity contribution in [3.05, 3.63) is 23.8 Å². The van der Waals surface area contributed by atoms with Gasteiger partial charge in [-0.05, 0) is 18.2 Å². The van der Waals surface area contributed by atoms with Crippen LogP contribution in [0.1, 0.15) is 10.4 Å². The standard InChI is InChI=1S/C13H17NO8/c15-4-8-9(17)10(18)11(19)12(22-8)14-5-1-2-7(16)6(3-5)13(20)21/h1-3,8-12,14-19H,4H2,(H,20,21). The van der Waals surface area contributed by atoms with Crippen LogP contribution in [0.15, 0.2) is 18.2 Å². The fourth-order valence-corrected chi connectivity index (χ4v) is 2.18. The third-order valence-electron chi connectivity index (χ3n) is 3.43. The van der Waals surface area contributed by atoms with Gasteiger partial charge in [0, 0.05) is 5.69 Å². The molecule has 5 unspecified atom stereocenters. The van der Waals surface area contributed by atoms with E-state index >= 15 is 0 Å². The highest BCUT2D eigenvalue weighted by molar-refractivity contribution is 5.92. The molecule has 0 spiro atoms. The van der Waals surface area contributed by atoms with Gasteiger partial charge in [0.25, 0.3) is 0 Å². The second-order valence-electron chi connectivity index (χ2n) is 4.93. The predicted octanol–water partition coefficient (Wildman–Crippen LogP) is -1.70. The Morgan fingerprint density at radius 1 is 1.18 bits per heavy atom. The van der Waals surface area contributed by atoms with Crippen molar-refractivity contribution in [2.75, 3.05) is 11.9 Å². The van der Waals surface area contributed by atoms with Crippen molar-refractivity contribution in [2.24, 2.45) is 0 Å². The molecule has 0 saturated carbocycles. The Morgan fingerprint density at radius 2 is 1.86 bits per heavy atom. The number of rotatable bonds is 4. The van der Waals surface area contributed by atoms with Crippen molar-refractivity contribution in [1.29, 1.82) is 0 Å². The van der Waals surface area contributed by atoms with E-state index in [1.165, 1.54) is 6.07 Å². The third kappa shape index (κ3) is 3.13. The normalized spacial score (nSPS) is 31.7. The smallest absolute Gasteiger partial charge is 0.339 e. The van der Waals surface area contributed by atoms with E-state index < -0.39 is 49.0 Å². The van der Waals surface area contributed by atoms with Crippen LogP contribution in [0.5, 0.6) is 5.75 Å². The van der Waals surface area contributed by atoms with Gasteiger partial charge in [0.15, 0.2) is 6.23 Å². The van der Waals surface area contributed by atoms with Gasteiger partial charge >= 0.3 is 5.97 Å². The summed E-state index contributed by atoms with van der Waals surface area (Å²) in [6.07, 6.45) is -6.78. The van der Waals surface area contributed by atoms with Crippen LogP contribution in [-0.2, 0) is 4.74 Å². The molecule has 122 valence electrons. The maximum absolute atomic E-state index is 10.9. The minimum absolute atomic E-state index is 0.208. The minimum Gasteiger partial charge on any atom is -0.507 e. The summed E-state index contributed by atoms with van der Waals surface area (Å²) >= 11 is 0. The van der Waals surface area contributed by atoms with Crippen LogP contribution < -0.4 is 5.32 Å². The van der Waals surface area contributed by atoms with E-state index in [1.807, 2.05) is 0 Å². The van der Waals surface area contributed by atoms with Crippen LogP contribution >= 0.6 is 0 Å². The molecule has 1 saturated heterocycles. The van der Waals surface area contributed by atoms with Crippen molar-refractivity contribution in [3.63, 3.8) is 0 Å². The summed E-state index contributed by atoms with van der Waals surface area (Å²) in [6, 6.07) is 3.62. The van der Waals surface area contributed by atoms with Crippen LogP contribution in [0.2, 0.25) is 0 Å². The van der Waals surface area contributed by atoms with Crippen molar-refractivity contribution in [2.45, 2.75) is 30.6 Å². The number of carboxylic acids is 1. The number of aromatic carboxylic acids is 1. The second-order valence-corrected chi connectivity index (χ2v) is 4.93. The molecule has 22 heavy (non-hydrogen) atoms. The molecule has 9 nitrogen and oxygen atoms in total. The van der Waals surface area contributed by atoms with Crippen molar-refractivity contribution >= 4 is 11.7 Å². The maximum atomic E-state index is 10.9. The van der Waals surface area contributed by atoms with Gasteiger partial charge in [-0.3, -0.25) is 0 Å². The molecule has 0 bridgehead atoms. The number of carboxylic acid groups (broad SMARTS) is 1. The molecule has 7 N–H and O–H groups in total. The molecule has 2 rings (SSSR count). The summed E-state index contributed by atoms with van der Waals surface area (Å²) in [7, 11) is 0. The van der Waals surface area contributed by atoms with Gasteiger partial charge < -0.3 is 40.7 Å². The molecule has 0 aromatic heterocycles. The zero-order chi connectivity index (χ0) is 16.4. The van der Waals surface area contributed by atoms with E-state index in [9.17, 15) is 25.2 Å². The number of hydrogen-bond acceptors (Lipinski definition) is 8. The van der Waals surface area contributed by atoms with Gasteiger partial charge in [0.1, 0.15) is 35.7 Å². The topological polar surface area (TPSA) is 160 Å². The largest absolute Gasteiger partial charge is 0.507 e. The van der Waals surface area contributed by atoms with E-state index in [4.69, 9.17) is 14.9 Å². The van der Waals surface area contributed by atoms with Gasteiger partial charge in [-0.15, -0.1) is 0 Å². The molecule has 0 aliphatic carbocycles. The number of nitrogens with one attached hydrogen (secondary N) is 1. The van der Waals surface area contributed by atoms with E-state index in [2.05, 4.69) is 5.32 Å². The molecule has 9 heteroatoms. The van der Waals surface area contributed by atoms with E-state index in [0.29, 0.717) is 0 Å².